The molecule has 0 radical (unpaired) electrons. The van der Waals surface area contributed by atoms with Crippen LogP contribution in [0.1, 0.15) is 6.42 Å². The Morgan fingerprint density at radius 1 is 1.23 bits per heavy atom. The summed E-state index contributed by atoms with van der Waals surface area (Å²) < 4.78 is 5.38. The molecule has 0 atom stereocenters. The number of likely N-dealkylation sites (N-methyl/N-ethyl adjacent to an activating group) is 1. The van der Waals surface area contributed by atoms with Crippen molar-refractivity contribution in [2.75, 3.05) is 53.6 Å². The molecule has 0 aliphatic carbocycles. The molecule has 0 aromatic heterocycles. The van der Waals surface area contributed by atoms with Gasteiger partial charge in [0.15, 0.2) is 0 Å². The summed E-state index contributed by atoms with van der Waals surface area (Å²) in [5.41, 5.74) is 0. The van der Waals surface area contributed by atoms with Crippen LogP contribution in [0.5, 0.6) is 0 Å². The monoisotopic (exact) mass is 190 g/mol. The summed E-state index contributed by atoms with van der Waals surface area (Å²) in [6.07, 6.45) is 1.01. The highest BCUT2D eigenvalue weighted by atomic mass is 16.5. The fourth-order valence-corrected chi connectivity index (χ4v) is 0.852. The minimum Gasteiger partial charge on any atom is -0.395 e. The van der Waals surface area contributed by atoms with Crippen LogP contribution in [0.2, 0.25) is 0 Å². The Morgan fingerprint density at radius 3 is 2.62 bits per heavy atom. The fraction of sp³-hybridized carbons (Fsp3) is 1.00. The molecule has 0 rings (SSSR count). The van der Waals surface area contributed by atoms with Crippen molar-refractivity contribution in [1.29, 1.82) is 0 Å². The largest absolute Gasteiger partial charge is 0.395 e. The molecule has 0 bridgehead atoms. The van der Waals surface area contributed by atoms with Crippen LogP contribution in [0.3, 0.4) is 0 Å². The SMILES string of the molecule is CN(C)CCOCCCNCCO. The van der Waals surface area contributed by atoms with Gasteiger partial charge in [-0.05, 0) is 27.1 Å². The Balaban J connectivity index is 2.84. The number of hydrogen-bond acceptors (Lipinski definition) is 4. The first-order chi connectivity index (χ1) is 6.27. The predicted octanol–water partition coefficient (Wildman–Crippen LogP) is -0.463. The minimum absolute atomic E-state index is 0.210. The highest BCUT2D eigenvalue weighted by Crippen LogP contribution is 1.82. The molecule has 0 amide bonds. The zero-order valence-corrected chi connectivity index (χ0v) is 8.75. The van der Waals surface area contributed by atoms with E-state index in [9.17, 15) is 0 Å². The summed E-state index contributed by atoms with van der Waals surface area (Å²) in [6, 6.07) is 0. The Morgan fingerprint density at radius 2 is 2.00 bits per heavy atom. The van der Waals surface area contributed by atoms with Crippen molar-refractivity contribution in [3.63, 3.8) is 0 Å². The Hall–Kier alpha value is -0.160. The first-order valence-corrected chi connectivity index (χ1v) is 4.81. The highest BCUT2D eigenvalue weighted by molar-refractivity contribution is 4.46. The molecule has 0 aromatic carbocycles. The molecule has 0 heterocycles. The van der Waals surface area contributed by atoms with Gasteiger partial charge in [0.25, 0.3) is 0 Å². The Bertz CT molecular complexity index is 99.6. The van der Waals surface area contributed by atoms with Crippen molar-refractivity contribution in [3.8, 4) is 0 Å². The quantitative estimate of drug-likeness (QED) is 0.483. The molecule has 0 saturated heterocycles. The van der Waals surface area contributed by atoms with Gasteiger partial charge in [-0.15, -0.1) is 0 Å². The van der Waals surface area contributed by atoms with Crippen molar-refractivity contribution in [2.24, 2.45) is 0 Å². The number of ether oxygens (including phenoxy) is 1. The Kier molecular flexibility index (Phi) is 9.80. The van der Waals surface area contributed by atoms with Gasteiger partial charge in [0.1, 0.15) is 0 Å². The van der Waals surface area contributed by atoms with Gasteiger partial charge in [0.2, 0.25) is 0 Å². The molecule has 0 unspecified atom stereocenters. The molecular formula is C9H22N2O2. The van der Waals surface area contributed by atoms with Crippen molar-refractivity contribution < 1.29 is 9.84 Å². The predicted molar refractivity (Wildman–Crippen MR) is 53.9 cm³/mol. The molecule has 13 heavy (non-hydrogen) atoms. The molecular weight excluding hydrogens is 168 g/mol. The lowest BCUT2D eigenvalue weighted by atomic mass is 10.4. The van der Waals surface area contributed by atoms with Crippen molar-refractivity contribution in [3.05, 3.63) is 0 Å². The van der Waals surface area contributed by atoms with E-state index < -0.39 is 0 Å². The second kappa shape index (κ2) is 9.92. The first-order valence-electron chi connectivity index (χ1n) is 4.81. The fourth-order valence-electron chi connectivity index (χ4n) is 0.852. The summed E-state index contributed by atoms with van der Waals surface area (Å²) in [6.45, 7) is 4.38. The normalized spacial score (nSPS) is 11.1. The summed E-state index contributed by atoms with van der Waals surface area (Å²) >= 11 is 0. The second-order valence-corrected chi connectivity index (χ2v) is 3.24. The van der Waals surface area contributed by atoms with Gasteiger partial charge in [0.05, 0.1) is 13.2 Å². The van der Waals surface area contributed by atoms with Crippen LogP contribution in [-0.4, -0.2) is 63.6 Å². The number of hydrogen-bond donors (Lipinski definition) is 2. The van der Waals surface area contributed by atoms with Crippen LogP contribution < -0.4 is 5.32 Å². The van der Waals surface area contributed by atoms with Crippen LogP contribution in [0.4, 0.5) is 0 Å². The number of rotatable bonds is 9. The van der Waals surface area contributed by atoms with Crippen molar-refractivity contribution in [2.45, 2.75) is 6.42 Å². The van der Waals surface area contributed by atoms with Crippen LogP contribution in [0.25, 0.3) is 0 Å². The van der Waals surface area contributed by atoms with Gasteiger partial charge < -0.3 is 20.1 Å². The van der Waals surface area contributed by atoms with Crippen LogP contribution >= 0.6 is 0 Å². The smallest absolute Gasteiger partial charge is 0.0593 e. The number of nitrogens with one attached hydrogen (secondary N) is 1. The van der Waals surface area contributed by atoms with E-state index in [0.717, 1.165) is 32.7 Å². The van der Waals surface area contributed by atoms with Crippen LogP contribution in [0.15, 0.2) is 0 Å². The third kappa shape index (κ3) is 11.8. The van der Waals surface area contributed by atoms with Gasteiger partial charge in [0, 0.05) is 19.7 Å². The molecule has 0 saturated carbocycles. The van der Waals surface area contributed by atoms with Gasteiger partial charge in [-0.25, -0.2) is 0 Å². The van der Waals surface area contributed by atoms with E-state index in [2.05, 4.69) is 10.2 Å². The van der Waals surface area contributed by atoms with E-state index in [1.807, 2.05) is 14.1 Å². The molecule has 0 fully saturated rings. The molecule has 4 heteroatoms. The van der Waals surface area contributed by atoms with Crippen molar-refractivity contribution >= 4 is 0 Å². The number of nitrogens with zero attached hydrogens (tertiary/aromatic N) is 1. The van der Waals surface area contributed by atoms with E-state index in [4.69, 9.17) is 9.84 Å². The molecule has 0 aliphatic rings. The molecule has 0 spiro atoms. The standard InChI is InChI=1S/C9H22N2O2/c1-11(2)6-9-13-8-3-4-10-5-7-12/h10,12H,3-9H2,1-2H3. The maximum atomic E-state index is 8.47. The average molecular weight is 190 g/mol. The van der Waals surface area contributed by atoms with E-state index in [1.54, 1.807) is 0 Å². The van der Waals surface area contributed by atoms with E-state index >= 15 is 0 Å². The third-order valence-electron chi connectivity index (χ3n) is 1.61. The Labute approximate surface area is 80.9 Å². The molecule has 2 N–H and O–H groups in total. The third-order valence-corrected chi connectivity index (χ3v) is 1.61. The molecule has 0 aliphatic heterocycles. The van der Waals surface area contributed by atoms with Crippen molar-refractivity contribution in [1.82, 2.24) is 10.2 Å². The maximum absolute atomic E-state index is 8.47. The summed E-state index contributed by atoms with van der Waals surface area (Å²) in [5, 5.41) is 11.6. The second-order valence-electron chi connectivity index (χ2n) is 3.24. The number of aliphatic hydroxyl groups is 1. The maximum Gasteiger partial charge on any atom is 0.0593 e. The van der Waals surface area contributed by atoms with Crippen LogP contribution in [-0.2, 0) is 4.74 Å². The van der Waals surface area contributed by atoms with Crippen LogP contribution in [0, 0.1) is 0 Å². The summed E-state index contributed by atoms with van der Waals surface area (Å²) in [7, 11) is 4.07. The lowest BCUT2D eigenvalue weighted by Crippen LogP contribution is -2.22. The topological polar surface area (TPSA) is 44.7 Å². The van der Waals surface area contributed by atoms with Gasteiger partial charge >= 0.3 is 0 Å². The molecule has 4 nitrogen and oxygen atoms in total. The summed E-state index contributed by atoms with van der Waals surface area (Å²) in [5.74, 6) is 0. The lowest BCUT2D eigenvalue weighted by Gasteiger charge is -2.09. The van der Waals surface area contributed by atoms with Gasteiger partial charge in [-0.2, -0.15) is 0 Å². The highest BCUT2D eigenvalue weighted by Gasteiger charge is 1.91. The van der Waals surface area contributed by atoms with E-state index in [0.29, 0.717) is 6.54 Å². The minimum atomic E-state index is 0.210. The molecule has 80 valence electrons. The van der Waals surface area contributed by atoms with E-state index in [1.165, 1.54) is 0 Å². The number of aliphatic hydroxyl groups excluding tert-OH is 1. The first kappa shape index (κ1) is 12.8. The zero-order chi connectivity index (χ0) is 9.94. The average Bonchev–Trinajstić information content (AvgIpc) is 2.09. The lowest BCUT2D eigenvalue weighted by molar-refractivity contribution is 0.115. The van der Waals surface area contributed by atoms with Gasteiger partial charge in [-0.3, -0.25) is 0 Å². The zero-order valence-electron chi connectivity index (χ0n) is 8.75. The molecule has 0 aromatic rings. The van der Waals surface area contributed by atoms with Gasteiger partial charge in [-0.1, -0.05) is 0 Å². The summed E-state index contributed by atoms with van der Waals surface area (Å²) in [4.78, 5) is 2.10. The van der Waals surface area contributed by atoms with E-state index in [-0.39, 0.29) is 6.61 Å².